The summed E-state index contributed by atoms with van der Waals surface area (Å²) >= 11 is 0.905. The second-order valence-corrected chi connectivity index (χ2v) is 12.8. The van der Waals surface area contributed by atoms with Gasteiger partial charge in [0.05, 0.1) is 30.2 Å². The Morgan fingerprint density at radius 1 is 1.31 bits per heavy atom. The average molecular weight is 588 g/mol. The van der Waals surface area contributed by atoms with Gasteiger partial charge in [0.1, 0.15) is 11.7 Å². The van der Waals surface area contributed by atoms with E-state index in [4.69, 9.17) is 6.57 Å². The molecule has 0 radical (unpaired) electrons. The Hall–Kier alpha value is -3.13. The van der Waals surface area contributed by atoms with Crippen molar-refractivity contribution in [3.63, 3.8) is 0 Å². The first-order chi connectivity index (χ1) is 18.1. The number of piperidine rings is 1. The molecule has 2 N–H and O–H groups in total. The predicted molar refractivity (Wildman–Crippen MR) is 136 cm³/mol. The lowest BCUT2D eigenvalue weighted by Crippen LogP contribution is -2.50. The summed E-state index contributed by atoms with van der Waals surface area (Å²) in [5.41, 5.74) is -2.71. The molecular formula is C23H25F4N7O3S2. The highest BCUT2D eigenvalue weighted by Gasteiger charge is 2.39. The molecule has 1 aliphatic rings. The van der Waals surface area contributed by atoms with Gasteiger partial charge in [-0.05, 0) is 26.3 Å². The summed E-state index contributed by atoms with van der Waals surface area (Å²) < 4.78 is 84.5. The van der Waals surface area contributed by atoms with E-state index in [0.29, 0.717) is 11.1 Å². The molecule has 0 saturated carbocycles. The number of rotatable bonds is 7. The van der Waals surface area contributed by atoms with E-state index in [1.165, 1.54) is 37.0 Å². The number of alkyl halides is 4. The number of hydrogen-bond donors (Lipinski definition) is 2. The highest BCUT2D eigenvalue weighted by molar-refractivity contribution is 7.89. The van der Waals surface area contributed by atoms with Crippen LogP contribution in [0.5, 0.6) is 0 Å². The molecule has 2 atom stereocenters. The van der Waals surface area contributed by atoms with Crippen LogP contribution in [0.25, 0.3) is 15.4 Å². The van der Waals surface area contributed by atoms with Crippen molar-refractivity contribution >= 4 is 33.0 Å². The Balaban J connectivity index is 1.59. The molecule has 10 nitrogen and oxygen atoms in total. The molecule has 16 heteroatoms. The highest BCUT2D eigenvalue weighted by Crippen LogP contribution is 2.43. The first kappa shape index (κ1) is 28.9. The molecule has 39 heavy (non-hydrogen) atoms. The zero-order valence-electron chi connectivity index (χ0n) is 21.1. The van der Waals surface area contributed by atoms with Gasteiger partial charge in [-0.25, -0.2) is 32.6 Å². The summed E-state index contributed by atoms with van der Waals surface area (Å²) in [6.45, 7) is 9.89. The lowest BCUT2D eigenvalue weighted by molar-refractivity contribution is -0.137. The van der Waals surface area contributed by atoms with Crippen LogP contribution in [-0.2, 0) is 29.7 Å². The highest BCUT2D eigenvalue weighted by atomic mass is 32.2. The van der Waals surface area contributed by atoms with E-state index >= 15 is 4.39 Å². The molecule has 0 bridgehead atoms. The van der Waals surface area contributed by atoms with E-state index in [1.54, 1.807) is 7.05 Å². The summed E-state index contributed by atoms with van der Waals surface area (Å²) in [6, 6.07) is 0.316. The van der Waals surface area contributed by atoms with Gasteiger partial charge in [-0.15, -0.1) is 0 Å². The van der Waals surface area contributed by atoms with E-state index < -0.39 is 51.8 Å². The number of aromatic nitrogens is 4. The van der Waals surface area contributed by atoms with Crippen molar-refractivity contribution in [3.05, 3.63) is 46.6 Å². The first-order valence-corrected chi connectivity index (χ1v) is 13.9. The first-order valence-electron chi connectivity index (χ1n) is 11.6. The third-order valence-electron chi connectivity index (χ3n) is 5.93. The number of anilines is 1. The van der Waals surface area contributed by atoms with Crippen molar-refractivity contribution in [1.82, 2.24) is 23.8 Å². The van der Waals surface area contributed by atoms with Crippen molar-refractivity contribution in [2.75, 3.05) is 18.4 Å². The average Bonchev–Trinajstić information content (AvgIpc) is 3.44. The van der Waals surface area contributed by atoms with Gasteiger partial charge >= 0.3 is 6.18 Å². The lowest BCUT2D eigenvalue weighted by atomic mass is 10.0. The van der Waals surface area contributed by atoms with Crippen molar-refractivity contribution in [2.45, 2.75) is 55.7 Å². The fraction of sp³-hybridized carbons (Fsp3) is 0.478. The number of nitrogens with zero attached hydrogens (tertiary/aromatic N) is 6. The summed E-state index contributed by atoms with van der Waals surface area (Å²) in [7, 11) is -2.41. The maximum Gasteiger partial charge on any atom is 0.420 e. The van der Waals surface area contributed by atoms with Crippen LogP contribution in [-0.4, -0.2) is 68.3 Å². The molecule has 210 valence electrons. The Morgan fingerprint density at radius 3 is 2.59 bits per heavy atom. The fourth-order valence-corrected chi connectivity index (χ4v) is 6.83. The van der Waals surface area contributed by atoms with Crippen molar-refractivity contribution in [1.29, 1.82) is 0 Å². The summed E-state index contributed by atoms with van der Waals surface area (Å²) in [5.74, 6) is -0.270. The van der Waals surface area contributed by atoms with Crippen LogP contribution >= 0.6 is 11.3 Å². The fourth-order valence-electron chi connectivity index (χ4n) is 4.07. The Bertz CT molecular complexity index is 1510. The van der Waals surface area contributed by atoms with Crippen LogP contribution in [0.2, 0.25) is 0 Å². The van der Waals surface area contributed by atoms with E-state index in [9.17, 15) is 26.7 Å². The molecule has 0 unspecified atom stereocenters. The van der Waals surface area contributed by atoms with Gasteiger partial charge in [-0.2, -0.15) is 28.8 Å². The molecule has 1 saturated heterocycles. The van der Waals surface area contributed by atoms with Gasteiger partial charge in [0.2, 0.25) is 11.6 Å². The largest absolute Gasteiger partial charge is 0.420 e. The standard InChI is InChI=1S/C23H25F4N7O3S2/c1-22(2,35)8-18-16(28-3)7-17(38-18)20-13(23(25,26)27)9-29-21(32-20)31-15-5-6-34(10-14(15)24)39(36,37)19-11-33(4)12-30-19/h7,9,11-12,14-15,35H,5-6,8,10H2,1-2,4H3,(H,29,31,32)/t14-,15-/m1/s1. The molecule has 3 aromatic rings. The summed E-state index contributed by atoms with van der Waals surface area (Å²) in [6.07, 6.45) is -3.25. The minimum Gasteiger partial charge on any atom is -0.390 e. The molecule has 1 fully saturated rings. The van der Waals surface area contributed by atoms with Crippen LogP contribution in [0.15, 0.2) is 29.8 Å². The summed E-state index contributed by atoms with van der Waals surface area (Å²) in [4.78, 5) is 15.4. The second-order valence-electron chi connectivity index (χ2n) is 9.77. The quantitative estimate of drug-likeness (QED) is 0.317. The van der Waals surface area contributed by atoms with Gasteiger partial charge < -0.3 is 15.0 Å². The topological polar surface area (TPSA) is 118 Å². The maximum absolute atomic E-state index is 15.1. The van der Waals surface area contributed by atoms with Crippen LogP contribution in [0.4, 0.5) is 29.2 Å². The van der Waals surface area contributed by atoms with Crippen LogP contribution < -0.4 is 5.32 Å². The SMILES string of the molecule is [C-]#[N+]c1cc(-c2nc(N[C@@H]3CCN(S(=O)(=O)c4cn(C)cn4)C[C@H]3F)ncc2C(F)(F)F)sc1CC(C)(C)O. The molecular weight excluding hydrogens is 562 g/mol. The Kier molecular flexibility index (Phi) is 7.74. The van der Waals surface area contributed by atoms with Crippen LogP contribution in [0.3, 0.4) is 0 Å². The van der Waals surface area contributed by atoms with Crippen molar-refractivity contribution < 1.29 is 31.1 Å². The molecule has 0 spiro atoms. The third-order valence-corrected chi connectivity index (χ3v) is 8.81. The minimum atomic E-state index is -4.81. The smallest absolute Gasteiger partial charge is 0.390 e. The van der Waals surface area contributed by atoms with E-state index in [1.807, 2.05) is 0 Å². The molecule has 0 aromatic carbocycles. The zero-order valence-corrected chi connectivity index (χ0v) is 22.7. The predicted octanol–water partition coefficient (Wildman–Crippen LogP) is 4.03. The maximum atomic E-state index is 15.1. The van der Waals surface area contributed by atoms with Crippen LogP contribution in [0.1, 0.15) is 30.7 Å². The van der Waals surface area contributed by atoms with Crippen molar-refractivity contribution in [3.8, 4) is 10.6 Å². The van der Waals surface area contributed by atoms with Crippen LogP contribution in [0, 0.1) is 6.57 Å². The van der Waals surface area contributed by atoms with Crippen molar-refractivity contribution in [2.24, 2.45) is 7.05 Å². The number of sulfonamides is 1. The monoisotopic (exact) mass is 587 g/mol. The molecule has 0 aliphatic carbocycles. The Labute approximate surface area is 226 Å². The number of aliphatic hydroxyl groups is 1. The molecule has 3 aromatic heterocycles. The molecule has 1 aliphatic heterocycles. The molecule has 4 rings (SSSR count). The number of imidazole rings is 1. The second kappa shape index (κ2) is 10.5. The molecule has 4 heterocycles. The normalized spacial score (nSPS) is 19.2. The Morgan fingerprint density at radius 2 is 2.03 bits per heavy atom. The number of thiophene rings is 1. The van der Waals surface area contributed by atoms with E-state index in [2.05, 4.69) is 25.1 Å². The summed E-state index contributed by atoms with van der Waals surface area (Å²) in [5, 5.41) is 12.6. The van der Waals surface area contributed by atoms with Gasteiger partial charge in [0.15, 0.2) is 5.03 Å². The number of aryl methyl sites for hydroxylation is 1. The number of halogens is 4. The minimum absolute atomic E-state index is 0.00352. The number of hydrogen-bond acceptors (Lipinski definition) is 8. The van der Waals surface area contributed by atoms with Gasteiger partial charge in [-0.1, -0.05) is 0 Å². The third kappa shape index (κ3) is 6.38. The van der Waals surface area contributed by atoms with E-state index in [-0.39, 0.29) is 40.9 Å². The van der Waals surface area contributed by atoms with Gasteiger partial charge in [0.25, 0.3) is 10.0 Å². The molecule has 0 amide bonds. The number of nitrogens with one attached hydrogen (secondary N) is 1. The lowest BCUT2D eigenvalue weighted by Gasteiger charge is -2.33. The van der Waals surface area contributed by atoms with Gasteiger partial charge in [-0.3, -0.25) is 0 Å². The zero-order chi connectivity index (χ0) is 28.8. The van der Waals surface area contributed by atoms with Gasteiger partial charge in [0, 0.05) is 48.7 Å². The van der Waals surface area contributed by atoms with E-state index in [0.717, 1.165) is 15.6 Å².